The van der Waals surface area contributed by atoms with E-state index in [0.717, 1.165) is 12.0 Å². The van der Waals surface area contributed by atoms with Gasteiger partial charge in [0.1, 0.15) is 0 Å². The molecule has 0 N–H and O–H groups in total. The van der Waals surface area contributed by atoms with Crippen molar-refractivity contribution >= 4 is 9.84 Å². The lowest BCUT2D eigenvalue weighted by atomic mass is 10.2. The van der Waals surface area contributed by atoms with E-state index in [-0.39, 0.29) is 11.2 Å². The van der Waals surface area contributed by atoms with Crippen LogP contribution in [0, 0.1) is 0 Å². The van der Waals surface area contributed by atoms with Gasteiger partial charge in [0.2, 0.25) is 0 Å². The van der Waals surface area contributed by atoms with Crippen LogP contribution >= 0.6 is 0 Å². The smallest absolute Gasteiger partial charge is 0.182 e. The first-order chi connectivity index (χ1) is 5.71. The van der Waals surface area contributed by atoms with Crippen molar-refractivity contribution in [1.29, 1.82) is 0 Å². The molecule has 1 fully saturated rings. The Morgan fingerprint density at radius 2 is 2.33 bits per heavy atom. The zero-order valence-electron chi connectivity index (χ0n) is 6.27. The zero-order chi connectivity index (χ0) is 8.34. The highest BCUT2D eigenvalue weighted by atomic mass is 32.2. The Morgan fingerprint density at radius 3 is 3.08 bits per heavy atom. The maximum absolute atomic E-state index is 11.6. The normalized spacial score (nSPS) is 34.0. The van der Waals surface area contributed by atoms with Gasteiger partial charge in [-0.1, -0.05) is 0 Å². The van der Waals surface area contributed by atoms with Crippen molar-refractivity contribution in [3.05, 3.63) is 24.0 Å². The fourth-order valence-electron chi connectivity index (χ4n) is 1.94. The van der Waals surface area contributed by atoms with Crippen LogP contribution in [-0.2, 0) is 9.84 Å². The Morgan fingerprint density at radius 1 is 1.50 bits per heavy atom. The second-order valence-corrected chi connectivity index (χ2v) is 5.47. The molecule has 3 nitrogen and oxygen atoms in total. The highest BCUT2D eigenvalue weighted by molar-refractivity contribution is 7.92. The van der Waals surface area contributed by atoms with Gasteiger partial charge in [0.15, 0.2) is 9.84 Å². The summed E-state index contributed by atoms with van der Waals surface area (Å²) in [5, 5.41) is -0.114. The molecule has 2 atom stereocenters. The Labute approximate surface area is 70.4 Å². The fourth-order valence-corrected chi connectivity index (χ4v) is 4.09. The molecule has 62 valence electrons. The number of hydrogen-bond donors (Lipinski definition) is 0. The quantitative estimate of drug-likeness (QED) is 0.592. The first-order valence-electron chi connectivity index (χ1n) is 3.89. The Bertz CT molecular complexity index is 452. The molecule has 2 heterocycles. The van der Waals surface area contributed by atoms with Crippen LogP contribution in [0.1, 0.15) is 17.9 Å². The van der Waals surface area contributed by atoms with Gasteiger partial charge in [0.25, 0.3) is 0 Å². The second-order valence-electron chi connectivity index (χ2n) is 3.34. The van der Waals surface area contributed by atoms with E-state index in [4.69, 9.17) is 0 Å². The lowest BCUT2D eigenvalue weighted by Crippen LogP contribution is -2.03. The lowest BCUT2D eigenvalue weighted by Gasteiger charge is -1.99. The maximum atomic E-state index is 11.6. The number of rotatable bonds is 0. The highest BCUT2D eigenvalue weighted by Gasteiger charge is 2.56. The summed E-state index contributed by atoms with van der Waals surface area (Å²) in [6.45, 7) is 0. The molecule has 0 saturated heterocycles. The van der Waals surface area contributed by atoms with Gasteiger partial charge < -0.3 is 0 Å². The first-order valence-corrected chi connectivity index (χ1v) is 5.44. The van der Waals surface area contributed by atoms with Gasteiger partial charge in [-0.2, -0.15) is 0 Å². The Kier molecular flexibility index (Phi) is 0.942. The molecule has 0 spiro atoms. The zero-order valence-corrected chi connectivity index (χ0v) is 7.08. The SMILES string of the molecule is O=S1(=O)c2ccncc2C2C[C@H]21. The van der Waals surface area contributed by atoms with Gasteiger partial charge in [-0.25, -0.2) is 8.42 Å². The van der Waals surface area contributed by atoms with Crippen LogP contribution in [0.25, 0.3) is 0 Å². The molecule has 12 heavy (non-hydrogen) atoms. The molecule has 0 bridgehead atoms. The number of sulfone groups is 1. The molecule has 4 heteroatoms. The molecule has 1 unspecified atom stereocenters. The van der Waals surface area contributed by atoms with Gasteiger partial charge in [0, 0.05) is 18.3 Å². The largest absolute Gasteiger partial charge is 0.264 e. The number of hydrogen-bond acceptors (Lipinski definition) is 3. The maximum Gasteiger partial charge on any atom is 0.182 e. The molecule has 1 aromatic heterocycles. The Hall–Kier alpha value is -0.900. The third-order valence-corrected chi connectivity index (χ3v) is 4.95. The van der Waals surface area contributed by atoms with Crippen LogP contribution in [-0.4, -0.2) is 18.7 Å². The topological polar surface area (TPSA) is 47.0 Å². The second kappa shape index (κ2) is 1.71. The van der Waals surface area contributed by atoms with E-state index in [2.05, 4.69) is 4.98 Å². The number of nitrogens with zero attached hydrogens (tertiary/aromatic N) is 1. The predicted molar refractivity (Wildman–Crippen MR) is 42.6 cm³/mol. The van der Waals surface area contributed by atoms with Crippen molar-refractivity contribution in [2.75, 3.05) is 0 Å². The summed E-state index contributed by atoms with van der Waals surface area (Å²) < 4.78 is 23.2. The standard InChI is InChI=1S/C8H7NO2S/c10-12(11)7-1-2-9-4-6(7)5-3-8(5)12/h1-2,4-5,8H,3H2/t5?,8-/m1/s1. The molecular formula is C8H7NO2S. The minimum atomic E-state index is -2.95. The van der Waals surface area contributed by atoms with Gasteiger partial charge in [-0.05, 0) is 18.1 Å². The highest BCUT2D eigenvalue weighted by Crippen LogP contribution is 2.55. The van der Waals surface area contributed by atoms with Gasteiger partial charge in [-0.3, -0.25) is 4.98 Å². The molecule has 0 radical (unpaired) electrons. The van der Waals surface area contributed by atoms with Crippen LogP contribution in [0.3, 0.4) is 0 Å². The lowest BCUT2D eigenvalue weighted by molar-refractivity contribution is 0.597. The molecule has 1 saturated carbocycles. The molecule has 0 amide bonds. The summed E-state index contributed by atoms with van der Waals surface area (Å²) >= 11 is 0. The van der Waals surface area contributed by atoms with E-state index < -0.39 is 9.84 Å². The van der Waals surface area contributed by atoms with E-state index in [1.807, 2.05) is 0 Å². The van der Waals surface area contributed by atoms with Crippen LogP contribution in [0.2, 0.25) is 0 Å². The molecular weight excluding hydrogens is 174 g/mol. The van der Waals surface area contributed by atoms with E-state index in [0.29, 0.717) is 4.90 Å². The average molecular weight is 181 g/mol. The van der Waals surface area contributed by atoms with Crippen molar-refractivity contribution in [2.24, 2.45) is 0 Å². The van der Waals surface area contributed by atoms with E-state index in [1.54, 1.807) is 18.5 Å². The monoisotopic (exact) mass is 181 g/mol. The summed E-state index contributed by atoms with van der Waals surface area (Å²) in [6.07, 6.45) is 4.03. The van der Waals surface area contributed by atoms with Crippen LogP contribution in [0.4, 0.5) is 0 Å². The summed E-state index contributed by atoms with van der Waals surface area (Å²) in [5.74, 6) is 0.263. The first kappa shape index (κ1) is 6.60. The molecule has 1 aromatic rings. The minimum Gasteiger partial charge on any atom is -0.264 e. The average Bonchev–Trinajstić information content (AvgIpc) is 2.80. The Balaban J connectivity index is 2.40. The van der Waals surface area contributed by atoms with E-state index >= 15 is 0 Å². The van der Waals surface area contributed by atoms with Crippen molar-refractivity contribution in [2.45, 2.75) is 22.5 Å². The van der Waals surface area contributed by atoms with Gasteiger partial charge >= 0.3 is 0 Å². The van der Waals surface area contributed by atoms with Gasteiger partial charge in [-0.15, -0.1) is 0 Å². The summed E-state index contributed by atoms with van der Waals surface area (Å²) in [7, 11) is -2.95. The minimum absolute atomic E-state index is 0.114. The third kappa shape index (κ3) is 0.579. The van der Waals surface area contributed by atoms with Crippen molar-refractivity contribution < 1.29 is 8.42 Å². The summed E-state index contributed by atoms with van der Waals surface area (Å²) in [4.78, 5) is 4.45. The van der Waals surface area contributed by atoms with E-state index in [1.165, 1.54) is 0 Å². The molecule has 1 aliphatic heterocycles. The number of pyridine rings is 1. The van der Waals surface area contributed by atoms with Crippen molar-refractivity contribution in [1.82, 2.24) is 4.98 Å². The molecule has 1 aliphatic carbocycles. The third-order valence-electron chi connectivity index (χ3n) is 2.65. The van der Waals surface area contributed by atoms with Gasteiger partial charge in [0.05, 0.1) is 10.1 Å². The van der Waals surface area contributed by atoms with Crippen LogP contribution in [0.15, 0.2) is 23.4 Å². The molecule has 3 rings (SSSR count). The number of aromatic nitrogens is 1. The van der Waals surface area contributed by atoms with E-state index in [9.17, 15) is 8.42 Å². The van der Waals surface area contributed by atoms with Crippen molar-refractivity contribution in [3.8, 4) is 0 Å². The van der Waals surface area contributed by atoms with Crippen LogP contribution < -0.4 is 0 Å². The number of fused-ring (bicyclic) bond motifs is 3. The molecule has 0 aromatic carbocycles. The summed E-state index contributed by atoms with van der Waals surface area (Å²) in [6, 6.07) is 1.61. The van der Waals surface area contributed by atoms with Crippen LogP contribution in [0.5, 0.6) is 0 Å². The predicted octanol–water partition coefficient (Wildman–Crippen LogP) is 0.725. The summed E-state index contributed by atoms with van der Waals surface area (Å²) in [5.41, 5.74) is 0.933. The molecule has 2 aliphatic rings. The fraction of sp³-hybridized carbons (Fsp3) is 0.375. The van der Waals surface area contributed by atoms with Crippen molar-refractivity contribution in [3.63, 3.8) is 0 Å².